The van der Waals surface area contributed by atoms with Crippen molar-refractivity contribution in [3.63, 3.8) is 0 Å². The van der Waals surface area contributed by atoms with Gasteiger partial charge < -0.3 is 14.7 Å². The third-order valence-electron chi connectivity index (χ3n) is 4.80. The molecule has 0 amide bonds. The zero-order valence-corrected chi connectivity index (χ0v) is 12.0. The molecule has 2 saturated heterocycles. The van der Waals surface area contributed by atoms with Gasteiger partial charge in [-0.05, 0) is 50.9 Å². The molecular weight excluding hydrogens is 302 g/mol. The third kappa shape index (κ3) is 2.79. The second-order valence-corrected chi connectivity index (χ2v) is 6.18. The van der Waals surface area contributed by atoms with Gasteiger partial charge in [0.1, 0.15) is 11.6 Å². The van der Waals surface area contributed by atoms with Crippen LogP contribution in [0.5, 0.6) is 5.75 Å². The molecule has 2 bridgehead atoms. The molecule has 0 aliphatic carbocycles. The molecule has 0 spiro atoms. The average Bonchev–Trinajstić information content (AvgIpc) is 2.63. The van der Waals surface area contributed by atoms with Crippen LogP contribution >= 0.6 is 0 Å². The Labute approximate surface area is 125 Å². The summed E-state index contributed by atoms with van der Waals surface area (Å²) in [6.07, 6.45) is -2.41. The first-order valence-electron chi connectivity index (χ1n) is 7.18. The first-order valence-corrected chi connectivity index (χ1v) is 7.18. The lowest BCUT2D eigenvalue weighted by atomic mass is 9.80. The maximum atomic E-state index is 14.1. The van der Waals surface area contributed by atoms with Crippen molar-refractivity contribution in [2.75, 3.05) is 7.05 Å². The van der Waals surface area contributed by atoms with E-state index in [9.17, 15) is 22.7 Å². The number of rotatable bonds is 2. The van der Waals surface area contributed by atoms with Gasteiger partial charge in [-0.15, -0.1) is 13.2 Å². The van der Waals surface area contributed by atoms with Gasteiger partial charge in [-0.2, -0.15) is 0 Å². The zero-order chi connectivity index (χ0) is 16.1. The van der Waals surface area contributed by atoms with Gasteiger partial charge in [0.05, 0.1) is 5.60 Å². The van der Waals surface area contributed by atoms with Crippen LogP contribution < -0.4 is 4.74 Å². The first kappa shape index (κ1) is 15.6. The molecule has 22 heavy (non-hydrogen) atoms. The van der Waals surface area contributed by atoms with E-state index in [2.05, 4.69) is 9.64 Å². The maximum Gasteiger partial charge on any atom is 0.573 e. The van der Waals surface area contributed by atoms with Crippen LogP contribution in [0.25, 0.3) is 0 Å². The summed E-state index contributed by atoms with van der Waals surface area (Å²) in [4.78, 5) is 2.16. The van der Waals surface area contributed by atoms with E-state index < -0.39 is 23.5 Å². The van der Waals surface area contributed by atoms with Gasteiger partial charge in [0.15, 0.2) is 0 Å². The molecule has 2 aliphatic rings. The van der Waals surface area contributed by atoms with Crippen LogP contribution in [-0.2, 0) is 5.60 Å². The highest BCUT2D eigenvalue weighted by Gasteiger charge is 2.48. The predicted molar refractivity (Wildman–Crippen MR) is 70.8 cm³/mol. The van der Waals surface area contributed by atoms with Gasteiger partial charge >= 0.3 is 6.36 Å². The van der Waals surface area contributed by atoms with Crippen molar-refractivity contribution in [1.82, 2.24) is 4.90 Å². The molecule has 122 valence electrons. The lowest BCUT2D eigenvalue weighted by Crippen LogP contribution is -2.48. The van der Waals surface area contributed by atoms with E-state index in [-0.39, 0.29) is 17.6 Å². The van der Waals surface area contributed by atoms with Crippen molar-refractivity contribution in [1.29, 1.82) is 0 Å². The van der Waals surface area contributed by atoms with Gasteiger partial charge in [-0.3, -0.25) is 0 Å². The zero-order valence-electron chi connectivity index (χ0n) is 12.0. The van der Waals surface area contributed by atoms with E-state index in [1.165, 1.54) is 0 Å². The Kier molecular flexibility index (Phi) is 3.60. The van der Waals surface area contributed by atoms with Gasteiger partial charge in [0.25, 0.3) is 0 Å². The molecule has 0 saturated carbocycles. The highest BCUT2D eigenvalue weighted by molar-refractivity contribution is 5.35. The van der Waals surface area contributed by atoms with Crippen LogP contribution in [0.4, 0.5) is 17.6 Å². The van der Waals surface area contributed by atoms with Crippen molar-refractivity contribution >= 4 is 0 Å². The van der Waals surface area contributed by atoms with Crippen LogP contribution in [0.2, 0.25) is 0 Å². The van der Waals surface area contributed by atoms with E-state index >= 15 is 0 Å². The van der Waals surface area contributed by atoms with Crippen molar-refractivity contribution in [2.24, 2.45) is 0 Å². The van der Waals surface area contributed by atoms with E-state index in [1.807, 2.05) is 7.05 Å². The molecule has 0 radical (unpaired) electrons. The van der Waals surface area contributed by atoms with E-state index in [0.29, 0.717) is 12.8 Å². The fourth-order valence-electron chi connectivity index (χ4n) is 3.72. The number of fused-ring (bicyclic) bond motifs is 2. The summed E-state index contributed by atoms with van der Waals surface area (Å²) in [5.74, 6) is -1.22. The second kappa shape index (κ2) is 5.09. The summed E-state index contributed by atoms with van der Waals surface area (Å²) in [5, 5.41) is 10.8. The number of alkyl halides is 3. The fraction of sp³-hybridized carbons (Fsp3) is 0.600. The summed E-state index contributed by atoms with van der Waals surface area (Å²) in [6, 6.07) is 3.03. The lowest BCUT2D eigenvalue weighted by Gasteiger charge is -2.42. The Bertz CT molecular complexity index is 561. The summed E-state index contributed by atoms with van der Waals surface area (Å²) in [5.41, 5.74) is -1.56. The van der Waals surface area contributed by atoms with Gasteiger partial charge in [-0.1, -0.05) is 0 Å². The number of aliphatic hydroxyl groups is 1. The number of hydrogen-bond donors (Lipinski definition) is 1. The lowest BCUT2D eigenvalue weighted by molar-refractivity contribution is -0.274. The van der Waals surface area contributed by atoms with Crippen LogP contribution in [0.1, 0.15) is 31.2 Å². The van der Waals surface area contributed by atoms with E-state index in [4.69, 9.17) is 0 Å². The first-order chi connectivity index (χ1) is 10.2. The van der Waals surface area contributed by atoms with Crippen molar-refractivity contribution < 1.29 is 27.4 Å². The summed E-state index contributed by atoms with van der Waals surface area (Å²) >= 11 is 0. The Balaban J connectivity index is 1.92. The van der Waals surface area contributed by atoms with Crippen molar-refractivity contribution in [3.8, 4) is 5.75 Å². The summed E-state index contributed by atoms with van der Waals surface area (Å²) in [6.45, 7) is 0. The molecule has 1 aromatic carbocycles. The molecule has 1 N–H and O–H groups in total. The highest BCUT2D eigenvalue weighted by Crippen LogP contribution is 2.46. The molecule has 0 aromatic heterocycles. The number of nitrogens with zero attached hydrogens (tertiary/aromatic N) is 1. The number of halogens is 4. The minimum Gasteiger partial charge on any atom is -0.406 e. The number of benzene rings is 1. The van der Waals surface area contributed by atoms with Crippen molar-refractivity contribution in [3.05, 3.63) is 29.6 Å². The smallest absolute Gasteiger partial charge is 0.406 e. The average molecular weight is 319 g/mol. The van der Waals surface area contributed by atoms with Crippen LogP contribution in [0.15, 0.2) is 18.2 Å². The highest BCUT2D eigenvalue weighted by atomic mass is 19.4. The topological polar surface area (TPSA) is 32.7 Å². The standard InChI is InChI=1S/C15H17F4NO2/c1-20-9-2-3-10(20)8-14(21,7-9)12-6-11(4-5-13(12)16)22-15(17,18)19/h4-6,9-10,21H,2-3,7-8H2,1H3. The SMILES string of the molecule is CN1C2CCC1CC(O)(c1cc(OC(F)(F)F)ccc1F)C2. The molecule has 2 unspecified atom stereocenters. The molecular formula is C15H17F4NO2. The fourth-order valence-corrected chi connectivity index (χ4v) is 3.72. The molecule has 1 aromatic rings. The van der Waals surface area contributed by atoms with Crippen LogP contribution in [0.3, 0.4) is 0 Å². The Morgan fingerprint density at radius 1 is 1.23 bits per heavy atom. The summed E-state index contributed by atoms with van der Waals surface area (Å²) in [7, 11) is 1.96. The number of piperidine rings is 1. The molecule has 7 heteroatoms. The molecule has 3 nitrogen and oxygen atoms in total. The number of hydrogen-bond acceptors (Lipinski definition) is 3. The summed E-state index contributed by atoms with van der Waals surface area (Å²) < 4.78 is 54.9. The minimum atomic E-state index is -4.84. The van der Waals surface area contributed by atoms with Gasteiger partial charge in [-0.25, -0.2) is 4.39 Å². The minimum absolute atomic E-state index is 0.112. The second-order valence-electron chi connectivity index (χ2n) is 6.18. The van der Waals surface area contributed by atoms with Gasteiger partial charge in [0.2, 0.25) is 0 Å². The quantitative estimate of drug-likeness (QED) is 0.850. The van der Waals surface area contributed by atoms with Crippen LogP contribution in [-0.4, -0.2) is 35.5 Å². The number of ether oxygens (including phenoxy) is 1. The monoisotopic (exact) mass is 319 g/mol. The molecule has 2 aliphatic heterocycles. The molecule has 2 fully saturated rings. The Morgan fingerprint density at radius 3 is 2.36 bits per heavy atom. The Hall–Kier alpha value is -1.34. The van der Waals surface area contributed by atoms with E-state index in [1.54, 1.807) is 0 Å². The Morgan fingerprint density at radius 2 is 1.82 bits per heavy atom. The molecule has 2 atom stereocenters. The normalized spacial score (nSPS) is 32.3. The maximum absolute atomic E-state index is 14.1. The molecule has 2 heterocycles. The third-order valence-corrected chi connectivity index (χ3v) is 4.80. The predicted octanol–water partition coefficient (Wildman–Crippen LogP) is 3.17. The van der Waals surface area contributed by atoms with Gasteiger partial charge in [0, 0.05) is 17.6 Å². The largest absolute Gasteiger partial charge is 0.573 e. The van der Waals surface area contributed by atoms with Crippen LogP contribution in [0, 0.1) is 5.82 Å². The van der Waals surface area contributed by atoms with E-state index in [0.717, 1.165) is 31.0 Å². The molecule has 3 rings (SSSR count). The van der Waals surface area contributed by atoms with Crippen molar-refractivity contribution in [2.45, 2.75) is 49.7 Å².